The summed E-state index contributed by atoms with van der Waals surface area (Å²) in [6, 6.07) is 9.76. The molecule has 2 rings (SSSR count). The maximum Gasteiger partial charge on any atom is 0.416 e. The van der Waals surface area contributed by atoms with Gasteiger partial charge in [0.05, 0.1) is 5.56 Å². The van der Waals surface area contributed by atoms with E-state index >= 15 is 0 Å². The summed E-state index contributed by atoms with van der Waals surface area (Å²) < 4.78 is 37.3. The molecule has 0 saturated heterocycles. The van der Waals surface area contributed by atoms with Gasteiger partial charge in [-0.05, 0) is 42.8 Å². The number of aromatic nitrogens is 1. The molecule has 0 unspecified atom stereocenters. The largest absolute Gasteiger partial charge is 0.416 e. The zero-order valence-electron chi connectivity index (χ0n) is 11.7. The summed E-state index contributed by atoms with van der Waals surface area (Å²) >= 11 is 0. The molecular weight excluding hydrogens is 293 g/mol. The Bertz CT molecular complexity index is 691. The first kappa shape index (κ1) is 15.8. The second-order valence-corrected chi connectivity index (χ2v) is 4.61. The third kappa shape index (κ3) is 4.44. The summed E-state index contributed by atoms with van der Waals surface area (Å²) in [5.41, 5.74) is 0.544. The van der Waals surface area contributed by atoms with Crippen LogP contribution in [0.5, 0.6) is 0 Å². The number of aryl methyl sites for hydroxylation is 1. The van der Waals surface area contributed by atoms with Crippen LogP contribution in [0.3, 0.4) is 0 Å². The van der Waals surface area contributed by atoms with Gasteiger partial charge in [0, 0.05) is 11.8 Å². The molecule has 22 heavy (non-hydrogen) atoms. The van der Waals surface area contributed by atoms with Crippen LogP contribution >= 0.6 is 0 Å². The Hall–Kier alpha value is -2.63. The number of nitrogens with zero attached hydrogens (tertiary/aromatic N) is 1. The number of halogens is 3. The molecule has 0 aliphatic carbocycles. The summed E-state index contributed by atoms with van der Waals surface area (Å²) in [5, 5.41) is 2.57. The molecule has 0 atom stereocenters. The molecule has 114 valence electrons. The van der Waals surface area contributed by atoms with Crippen molar-refractivity contribution in [3.63, 3.8) is 0 Å². The van der Waals surface area contributed by atoms with Gasteiger partial charge in [0.25, 0.3) is 0 Å². The summed E-state index contributed by atoms with van der Waals surface area (Å²) in [7, 11) is 0. The van der Waals surface area contributed by atoms with Crippen LogP contribution in [-0.4, -0.2) is 10.9 Å². The Balaban J connectivity index is 2.00. The normalized spacial score (nSPS) is 11.6. The Labute approximate surface area is 125 Å². The first-order chi connectivity index (χ1) is 10.3. The van der Waals surface area contributed by atoms with E-state index in [2.05, 4.69) is 10.3 Å². The van der Waals surface area contributed by atoms with Gasteiger partial charge in [0.1, 0.15) is 5.82 Å². The van der Waals surface area contributed by atoms with Crippen molar-refractivity contribution >= 4 is 17.8 Å². The van der Waals surface area contributed by atoms with Gasteiger partial charge in [-0.2, -0.15) is 13.2 Å². The fourth-order valence-corrected chi connectivity index (χ4v) is 1.74. The quantitative estimate of drug-likeness (QED) is 0.869. The fraction of sp³-hybridized carbons (Fsp3) is 0.125. The van der Waals surface area contributed by atoms with Crippen LogP contribution in [0.25, 0.3) is 6.08 Å². The number of nitrogens with one attached hydrogen (secondary N) is 1. The van der Waals surface area contributed by atoms with Crippen LogP contribution in [0.1, 0.15) is 16.8 Å². The van der Waals surface area contributed by atoms with Crippen molar-refractivity contribution in [2.24, 2.45) is 0 Å². The van der Waals surface area contributed by atoms with E-state index in [-0.39, 0.29) is 0 Å². The number of hydrogen-bond acceptors (Lipinski definition) is 2. The predicted molar refractivity (Wildman–Crippen MR) is 78.1 cm³/mol. The van der Waals surface area contributed by atoms with Gasteiger partial charge < -0.3 is 5.32 Å². The second-order valence-electron chi connectivity index (χ2n) is 4.61. The van der Waals surface area contributed by atoms with Crippen molar-refractivity contribution in [3.8, 4) is 0 Å². The SMILES string of the molecule is Cc1cccc(NC(=O)/C=C/c2ccc(C(F)(F)F)cc2)n1. The highest BCUT2D eigenvalue weighted by Gasteiger charge is 2.29. The van der Waals surface area contributed by atoms with Crippen molar-refractivity contribution in [3.05, 3.63) is 65.4 Å². The van der Waals surface area contributed by atoms with Gasteiger partial charge >= 0.3 is 6.18 Å². The molecule has 1 aromatic heterocycles. The molecule has 6 heteroatoms. The summed E-state index contributed by atoms with van der Waals surface area (Å²) in [6.45, 7) is 1.80. The molecule has 0 radical (unpaired) electrons. The minimum absolute atomic E-state index is 0.405. The third-order valence-electron chi connectivity index (χ3n) is 2.80. The second kappa shape index (κ2) is 6.43. The van der Waals surface area contributed by atoms with E-state index in [9.17, 15) is 18.0 Å². The van der Waals surface area contributed by atoms with Crippen LogP contribution < -0.4 is 5.32 Å². The lowest BCUT2D eigenvalue weighted by Crippen LogP contribution is -2.09. The van der Waals surface area contributed by atoms with E-state index in [1.807, 2.05) is 0 Å². The Morgan fingerprint density at radius 3 is 2.41 bits per heavy atom. The lowest BCUT2D eigenvalue weighted by Gasteiger charge is -2.06. The molecule has 0 bridgehead atoms. The van der Waals surface area contributed by atoms with Crippen molar-refractivity contribution in [2.75, 3.05) is 5.32 Å². The van der Waals surface area contributed by atoms with Gasteiger partial charge in [-0.3, -0.25) is 4.79 Å². The first-order valence-electron chi connectivity index (χ1n) is 6.44. The molecular formula is C16H13F3N2O. The average Bonchev–Trinajstić information content (AvgIpc) is 2.45. The van der Waals surface area contributed by atoms with Crippen LogP contribution in [-0.2, 0) is 11.0 Å². The van der Waals surface area contributed by atoms with Crippen LogP contribution in [0.4, 0.5) is 19.0 Å². The molecule has 0 aliphatic heterocycles. The van der Waals surface area contributed by atoms with E-state index in [1.165, 1.54) is 24.3 Å². The predicted octanol–water partition coefficient (Wildman–Crippen LogP) is 4.06. The smallest absolute Gasteiger partial charge is 0.307 e. The topological polar surface area (TPSA) is 42.0 Å². The molecule has 1 N–H and O–H groups in total. The van der Waals surface area contributed by atoms with Gasteiger partial charge in [-0.15, -0.1) is 0 Å². The third-order valence-corrected chi connectivity index (χ3v) is 2.80. The average molecular weight is 306 g/mol. The molecule has 1 amide bonds. The summed E-state index contributed by atoms with van der Waals surface area (Å²) in [6.07, 6.45) is -1.69. The highest BCUT2D eigenvalue weighted by molar-refractivity contribution is 6.01. The number of anilines is 1. The van der Waals surface area contributed by atoms with E-state index in [1.54, 1.807) is 25.1 Å². The molecule has 0 saturated carbocycles. The number of carbonyl (C=O) groups is 1. The Morgan fingerprint density at radius 1 is 1.14 bits per heavy atom. The molecule has 3 nitrogen and oxygen atoms in total. The number of amides is 1. The Kier molecular flexibility index (Phi) is 4.60. The van der Waals surface area contributed by atoms with E-state index in [0.29, 0.717) is 11.4 Å². The number of pyridine rings is 1. The molecule has 1 aromatic carbocycles. The van der Waals surface area contributed by atoms with Gasteiger partial charge in [0.2, 0.25) is 5.91 Å². The van der Waals surface area contributed by atoms with E-state index in [4.69, 9.17) is 0 Å². The first-order valence-corrected chi connectivity index (χ1v) is 6.44. The van der Waals surface area contributed by atoms with E-state index < -0.39 is 17.6 Å². The zero-order chi connectivity index (χ0) is 16.2. The molecule has 1 heterocycles. The van der Waals surface area contributed by atoms with Crippen LogP contribution in [0, 0.1) is 6.92 Å². The molecule has 0 spiro atoms. The summed E-state index contributed by atoms with van der Waals surface area (Å²) in [5.74, 6) is 0.0140. The fourth-order valence-electron chi connectivity index (χ4n) is 1.74. The maximum absolute atomic E-state index is 12.4. The molecule has 0 fully saturated rings. The number of alkyl halides is 3. The monoisotopic (exact) mass is 306 g/mol. The molecule has 0 aliphatic rings. The number of hydrogen-bond donors (Lipinski definition) is 1. The lowest BCUT2D eigenvalue weighted by atomic mass is 10.1. The van der Waals surface area contributed by atoms with Crippen LogP contribution in [0.15, 0.2) is 48.5 Å². The highest BCUT2D eigenvalue weighted by atomic mass is 19.4. The maximum atomic E-state index is 12.4. The van der Waals surface area contributed by atoms with Crippen molar-refractivity contribution in [1.29, 1.82) is 0 Å². The standard InChI is InChI=1S/C16H13F3N2O/c1-11-3-2-4-14(20-11)21-15(22)10-7-12-5-8-13(9-6-12)16(17,18)19/h2-10H,1H3,(H,20,21,22)/b10-7+. The van der Waals surface area contributed by atoms with Crippen molar-refractivity contribution in [1.82, 2.24) is 4.98 Å². The van der Waals surface area contributed by atoms with Crippen molar-refractivity contribution < 1.29 is 18.0 Å². The minimum Gasteiger partial charge on any atom is -0.307 e. The van der Waals surface area contributed by atoms with Gasteiger partial charge in [-0.1, -0.05) is 18.2 Å². The zero-order valence-corrected chi connectivity index (χ0v) is 11.7. The number of benzene rings is 1. The molecule has 2 aromatic rings. The van der Waals surface area contributed by atoms with Gasteiger partial charge in [0.15, 0.2) is 0 Å². The van der Waals surface area contributed by atoms with Crippen LogP contribution in [0.2, 0.25) is 0 Å². The van der Waals surface area contributed by atoms with Crippen molar-refractivity contribution in [2.45, 2.75) is 13.1 Å². The van der Waals surface area contributed by atoms with E-state index in [0.717, 1.165) is 17.8 Å². The lowest BCUT2D eigenvalue weighted by molar-refractivity contribution is -0.137. The number of rotatable bonds is 3. The van der Waals surface area contributed by atoms with Gasteiger partial charge in [-0.25, -0.2) is 4.98 Å². The Morgan fingerprint density at radius 2 is 1.82 bits per heavy atom. The highest BCUT2D eigenvalue weighted by Crippen LogP contribution is 2.29. The minimum atomic E-state index is -4.36. The summed E-state index contributed by atoms with van der Waals surface area (Å²) in [4.78, 5) is 15.8. The number of carbonyl (C=O) groups excluding carboxylic acids is 1.